The van der Waals surface area contributed by atoms with Crippen molar-refractivity contribution in [2.24, 2.45) is 5.14 Å². The van der Waals surface area contributed by atoms with Gasteiger partial charge in [-0.1, -0.05) is 12.5 Å². The van der Waals surface area contributed by atoms with E-state index in [1.165, 1.54) is 22.5 Å². The second-order valence-electron chi connectivity index (χ2n) is 4.70. The number of nitrogens with zero attached hydrogens (tertiary/aromatic N) is 1. The van der Waals surface area contributed by atoms with Crippen LogP contribution >= 0.6 is 0 Å². The Hall–Kier alpha value is -1.97. The number of rotatable bonds is 3. The van der Waals surface area contributed by atoms with Crippen LogP contribution in [0.5, 0.6) is 0 Å². The molecule has 0 amide bonds. The SMILES string of the molecule is NS(=O)(=O)N1CCCCC1.O=C(O)c1cccc(C(=O)O)c1. The maximum absolute atomic E-state index is 10.7. The van der Waals surface area contributed by atoms with Gasteiger partial charge in [0.05, 0.1) is 11.1 Å². The summed E-state index contributed by atoms with van der Waals surface area (Å²) in [5.41, 5.74) is -0.0372. The third-order valence-electron chi connectivity index (χ3n) is 3.03. The van der Waals surface area contributed by atoms with Crippen molar-refractivity contribution in [3.8, 4) is 0 Å². The number of hydrogen-bond donors (Lipinski definition) is 3. The predicted molar refractivity (Wildman–Crippen MR) is 78.9 cm³/mol. The Morgan fingerprint density at radius 3 is 1.77 bits per heavy atom. The van der Waals surface area contributed by atoms with Crippen LogP contribution in [0.1, 0.15) is 40.0 Å². The molecular formula is C13H18N2O6S. The van der Waals surface area contributed by atoms with Crippen LogP contribution in [0, 0.1) is 0 Å². The van der Waals surface area contributed by atoms with Crippen LogP contribution in [0.2, 0.25) is 0 Å². The van der Waals surface area contributed by atoms with Crippen molar-refractivity contribution in [3.05, 3.63) is 35.4 Å². The zero-order valence-corrected chi connectivity index (χ0v) is 12.6. The van der Waals surface area contributed by atoms with Crippen molar-refractivity contribution in [1.82, 2.24) is 4.31 Å². The average Bonchev–Trinajstić information content (AvgIpc) is 2.48. The average molecular weight is 330 g/mol. The molecule has 1 aliphatic heterocycles. The first-order valence-corrected chi connectivity index (χ1v) is 8.06. The van der Waals surface area contributed by atoms with E-state index in [2.05, 4.69) is 0 Å². The Labute approximate surface area is 128 Å². The van der Waals surface area contributed by atoms with E-state index in [0.29, 0.717) is 13.1 Å². The third kappa shape index (κ3) is 5.80. The predicted octanol–water partition coefficient (Wildman–Crippen LogP) is 0.759. The molecule has 1 fully saturated rings. The van der Waals surface area contributed by atoms with Crippen molar-refractivity contribution in [2.75, 3.05) is 13.1 Å². The summed E-state index contributed by atoms with van der Waals surface area (Å²) in [6.45, 7) is 1.19. The smallest absolute Gasteiger partial charge is 0.335 e. The highest BCUT2D eigenvalue weighted by Crippen LogP contribution is 2.09. The maximum atomic E-state index is 10.7. The molecule has 0 saturated carbocycles. The first-order chi connectivity index (χ1) is 10.2. The lowest BCUT2D eigenvalue weighted by Gasteiger charge is -2.23. The third-order valence-corrected chi connectivity index (χ3v) is 4.12. The molecule has 22 heavy (non-hydrogen) atoms. The minimum Gasteiger partial charge on any atom is -0.478 e. The molecule has 2 rings (SSSR count). The minimum atomic E-state index is -3.39. The summed E-state index contributed by atoms with van der Waals surface area (Å²) < 4.78 is 22.7. The molecule has 122 valence electrons. The fourth-order valence-corrected chi connectivity index (χ4v) is 2.67. The van der Waals surface area contributed by atoms with Gasteiger partial charge in [0.15, 0.2) is 0 Å². The maximum Gasteiger partial charge on any atom is 0.335 e. The molecule has 1 saturated heterocycles. The molecule has 9 heteroatoms. The Morgan fingerprint density at radius 1 is 1.00 bits per heavy atom. The van der Waals surface area contributed by atoms with E-state index in [1.54, 1.807) is 0 Å². The molecule has 0 unspecified atom stereocenters. The summed E-state index contributed by atoms with van der Waals surface area (Å²) in [7, 11) is -3.39. The molecule has 0 atom stereocenters. The topological polar surface area (TPSA) is 138 Å². The molecule has 0 spiro atoms. The lowest BCUT2D eigenvalue weighted by molar-refractivity contribution is 0.0696. The summed E-state index contributed by atoms with van der Waals surface area (Å²) >= 11 is 0. The van der Waals surface area contributed by atoms with E-state index in [1.807, 2.05) is 0 Å². The number of nitrogens with two attached hydrogens (primary N) is 1. The van der Waals surface area contributed by atoms with Crippen molar-refractivity contribution in [3.63, 3.8) is 0 Å². The van der Waals surface area contributed by atoms with Crippen LogP contribution in [0.4, 0.5) is 0 Å². The largest absolute Gasteiger partial charge is 0.478 e. The normalized spacial score (nSPS) is 15.5. The summed E-state index contributed by atoms with van der Waals surface area (Å²) in [5.74, 6) is -2.25. The summed E-state index contributed by atoms with van der Waals surface area (Å²) in [5, 5.41) is 21.9. The number of hydrogen-bond acceptors (Lipinski definition) is 4. The Balaban J connectivity index is 0.000000224. The molecule has 0 bridgehead atoms. The van der Waals surface area contributed by atoms with E-state index >= 15 is 0 Å². The van der Waals surface area contributed by atoms with Gasteiger partial charge in [-0.25, -0.2) is 14.7 Å². The van der Waals surface area contributed by atoms with Gasteiger partial charge < -0.3 is 10.2 Å². The second kappa shape index (κ2) is 7.87. The van der Waals surface area contributed by atoms with Gasteiger partial charge in [-0.2, -0.15) is 12.7 Å². The van der Waals surface area contributed by atoms with Crippen molar-refractivity contribution >= 4 is 22.1 Å². The zero-order valence-electron chi connectivity index (χ0n) is 11.8. The van der Waals surface area contributed by atoms with E-state index in [4.69, 9.17) is 15.4 Å². The second-order valence-corrected chi connectivity index (χ2v) is 6.24. The van der Waals surface area contributed by atoms with E-state index < -0.39 is 22.1 Å². The summed E-state index contributed by atoms with van der Waals surface area (Å²) in [6.07, 6.45) is 3.00. The minimum absolute atomic E-state index is 0.0186. The molecule has 1 aromatic rings. The highest BCUT2D eigenvalue weighted by atomic mass is 32.2. The lowest BCUT2D eigenvalue weighted by Crippen LogP contribution is -2.40. The fraction of sp³-hybridized carbons (Fsp3) is 0.385. The number of carbonyl (C=O) groups is 2. The highest BCUT2D eigenvalue weighted by molar-refractivity contribution is 7.86. The van der Waals surface area contributed by atoms with E-state index in [0.717, 1.165) is 25.3 Å². The van der Waals surface area contributed by atoms with Crippen molar-refractivity contribution in [2.45, 2.75) is 19.3 Å². The highest BCUT2D eigenvalue weighted by Gasteiger charge is 2.18. The number of piperidine rings is 1. The Bertz CT molecular complexity index is 608. The molecule has 0 aromatic heterocycles. The molecule has 0 radical (unpaired) electrons. The molecule has 1 aliphatic rings. The van der Waals surface area contributed by atoms with Crippen LogP contribution in [0.3, 0.4) is 0 Å². The van der Waals surface area contributed by atoms with Crippen LogP contribution in [0.25, 0.3) is 0 Å². The van der Waals surface area contributed by atoms with Crippen molar-refractivity contribution in [1.29, 1.82) is 0 Å². The monoisotopic (exact) mass is 330 g/mol. The Kier molecular flexibility index (Phi) is 6.47. The summed E-state index contributed by atoms with van der Waals surface area (Å²) in [4.78, 5) is 20.8. The molecular weight excluding hydrogens is 312 g/mol. The van der Waals surface area contributed by atoms with Gasteiger partial charge in [0.25, 0.3) is 10.2 Å². The molecule has 4 N–H and O–H groups in total. The van der Waals surface area contributed by atoms with Gasteiger partial charge >= 0.3 is 11.9 Å². The van der Waals surface area contributed by atoms with Gasteiger partial charge in [0, 0.05) is 13.1 Å². The van der Waals surface area contributed by atoms with Crippen LogP contribution in [-0.2, 0) is 10.2 Å². The van der Waals surface area contributed by atoms with Gasteiger partial charge in [-0.05, 0) is 31.0 Å². The van der Waals surface area contributed by atoms with Crippen LogP contribution in [-0.4, -0.2) is 48.0 Å². The number of carboxylic acid groups (broad SMARTS) is 2. The Morgan fingerprint density at radius 2 is 1.45 bits per heavy atom. The number of aromatic carboxylic acids is 2. The first-order valence-electron chi connectivity index (χ1n) is 6.56. The van der Waals surface area contributed by atoms with E-state index in [9.17, 15) is 18.0 Å². The van der Waals surface area contributed by atoms with Crippen LogP contribution < -0.4 is 5.14 Å². The number of carboxylic acids is 2. The lowest BCUT2D eigenvalue weighted by atomic mass is 10.1. The molecule has 0 aliphatic carbocycles. The fourth-order valence-electron chi connectivity index (χ4n) is 1.90. The first kappa shape index (κ1) is 18.1. The number of benzene rings is 1. The molecule has 1 aromatic carbocycles. The molecule has 1 heterocycles. The van der Waals surface area contributed by atoms with Gasteiger partial charge in [-0.15, -0.1) is 0 Å². The van der Waals surface area contributed by atoms with Crippen LogP contribution in [0.15, 0.2) is 24.3 Å². The van der Waals surface area contributed by atoms with E-state index in [-0.39, 0.29) is 11.1 Å². The van der Waals surface area contributed by atoms with Gasteiger partial charge in [-0.3, -0.25) is 0 Å². The van der Waals surface area contributed by atoms with Gasteiger partial charge in [0.1, 0.15) is 0 Å². The van der Waals surface area contributed by atoms with Gasteiger partial charge in [0.2, 0.25) is 0 Å². The molecule has 8 nitrogen and oxygen atoms in total. The zero-order chi connectivity index (χ0) is 16.8. The quantitative estimate of drug-likeness (QED) is 0.748. The standard InChI is InChI=1S/C8H6O4.C5H12N2O2S/c9-7(10)5-2-1-3-6(4-5)8(11)12;6-10(8,9)7-4-2-1-3-5-7/h1-4H,(H,9,10)(H,11,12);1-5H2,(H2,6,8,9). The van der Waals surface area contributed by atoms with Crippen molar-refractivity contribution < 1.29 is 28.2 Å². The summed E-state index contributed by atoms with van der Waals surface area (Å²) in [6, 6.07) is 5.20.